The van der Waals surface area contributed by atoms with Crippen LogP contribution < -0.4 is 4.04 Å². The second kappa shape index (κ2) is 3.59. The summed E-state index contributed by atoms with van der Waals surface area (Å²) < 4.78 is 1.06. The van der Waals surface area contributed by atoms with Gasteiger partial charge in [-0.05, 0) is 0 Å². The molecule has 0 aliphatic rings. The van der Waals surface area contributed by atoms with E-state index >= 15 is 0 Å². The predicted octanol–water partition coefficient (Wildman–Crippen LogP) is 2.24. The Bertz CT molecular complexity index is 174. The molecule has 0 unspecified atom stereocenters. The quantitative estimate of drug-likeness (QED) is 0.674. The fourth-order valence-corrected chi connectivity index (χ4v) is 2.12. The van der Waals surface area contributed by atoms with Crippen LogP contribution in [0.1, 0.15) is 0 Å². The molecule has 0 aliphatic carbocycles. The normalized spacial score (nSPS) is 11.1. The standard InChI is InChI=1S/C6H5.2ClH.Pd/c1-2-4-6-5-3-1;;;/h1-5H;2*1H;/q;;;+1/p-2. The van der Waals surface area contributed by atoms with Gasteiger partial charge in [-0.2, -0.15) is 0 Å². The monoisotopic (exact) mass is 253 g/mol. The number of halogens is 2. The maximum atomic E-state index is 5.69. The molecule has 0 fully saturated rings. The maximum absolute atomic E-state index is 5.69. The van der Waals surface area contributed by atoms with Crippen molar-refractivity contribution in [2.75, 3.05) is 0 Å². The SMILES string of the molecule is [Cl][Pd-]([Cl])[c]1ccccc1. The van der Waals surface area contributed by atoms with E-state index in [1.165, 1.54) is 0 Å². The second-order valence-corrected chi connectivity index (χ2v) is 6.68. The summed E-state index contributed by atoms with van der Waals surface area (Å²) in [6.07, 6.45) is 0. The molecule has 1 aromatic carbocycles. The fourth-order valence-electron chi connectivity index (χ4n) is 0.482. The van der Waals surface area contributed by atoms with Crippen molar-refractivity contribution >= 4 is 23.1 Å². The number of rotatable bonds is 1. The first-order valence-corrected chi connectivity index (χ1v) is 7.09. The summed E-state index contributed by atoms with van der Waals surface area (Å²) in [7, 11) is 11.4. The van der Waals surface area contributed by atoms with Crippen molar-refractivity contribution in [3.8, 4) is 0 Å². The van der Waals surface area contributed by atoms with Crippen molar-refractivity contribution in [2.45, 2.75) is 0 Å². The Kier molecular flexibility index (Phi) is 3.02. The van der Waals surface area contributed by atoms with Crippen LogP contribution in [-0.4, -0.2) is 0 Å². The van der Waals surface area contributed by atoms with Crippen molar-refractivity contribution in [3.05, 3.63) is 30.3 Å². The molecule has 0 saturated heterocycles. The Balaban J connectivity index is 2.85. The van der Waals surface area contributed by atoms with Gasteiger partial charge in [0.15, 0.2) is 0 Å². The summed E-state index contributed by atoms with van der Waals surface area (Å²) >= 11 is -1.39. The van der Waals surface area contributed by atoms with E-state index in [9.17, 15) is 0 Å². The van der Waals surface area contributed by atoms with E-state index in [-0.39, 0.29) is 0 Å². The van der Waals surface area contributed by atoms with Gasteiger partial charge in [-0.3, -0.25) is 0 Å². The summed E-state index contributed by atoms with van der Waals surface area (Å²) in [6.45, 7) is 0. The number of hydrogen-bond acceptors (Lipinski definition) is 0. The van der Waals surface area contributed by atoms with Gasteiger partial charge in [0.25, 0.3) is 0 Å². The summed E-state index contributed by atoms with van der Waals surface area (Å²) in [5.41, 5.74) is 0. The average molecular weight is 254 g/mol. The molecule has 54 valence electrons. The van der Waals surface area contributed by atoms with Gasteiger partial charge < -0.3 is 0 Å². The van der Waals surface area contributed by atoms with Crippen LogP contribution in [0.2, 0.25) is 0 Å². The van der Waals surface area contributed by atoms with Crippen LogP contribution in [0.15, 0.2) is 30.3 Å². The van der Waals surface area contributed by atoms with E-state index < -0.39 is 14.7 Å². The molecule has 0 amide bonds. The van der Waals surface area contributed by atoms with Crippen molar-refractivity contribution in [2.24, 2.45) is 0 Å². The molecule has 0 atom stereocenters. The van der Waals surface area contributed by atoms with Gasteiger partial charge in [0.2, 0.25) is 0 Å². The van der Waals surface area contributed by atoms with Crippen LogP contribution in [-0.2, 0) is 14.7 Å². The van der Waals surface area contributed by atoms with Gasteiger partial charge in [0.05, 0.1) is 0 Å². The number of benzene rings is 1. The Morgan fingerprint density at radius 3 is 1.89 bits per heavy atom. The van der Waals surface area contributed by atoms with Crippen molar-refractivity contribution in [1.29, 1.82) is 0 Å². The van der Waals surface area contributed by atoms with Crippen LogP contribution in [0.3, 0.4) is 0 Å². The van der Waals surface area contributed by atoms with E-state index in [1.807, 2.05) is 30.3 Å². The Morgan fingerprint density at radius 1 is 1.00 bits per heavy atom. The zero-order valence-electron chi connectivity index (χ0n) is 4.46. The van der Waals surface area contributed by atoms with Gasteiger partial charge >= 0.3 is 68.1 Å². The van der Waals surface area contributed by atoms with Crippen LogP contribution in [0.25, 0.3) is 0 Å². The fraction of sp³-hybridized carbons (Fsp3) is 0. The first-order valence-electron chi connectivity index (χ1n) is 2.31. The van der Waals surface area contributed by atoms with Gasteiger partial charge in [0.1, 0.15) is 0 Å². The third-order valence-corrected chi connectivity index (χ3v) is 3.68. The minimum atomic E-state index is -1.39. The summed E-state index contributed by atoms with van der Waals surface area (Å²) in [5, 5.41) is 0. The molecule has 0 aromatic heterocycles. The van der Waals surface area contributed by atoms with Crippen molar-refractivity contribution < 1.29 is 14.7 Å². The first-order chi connectivity index (χ1) is 4.30. The molecule has 0 bridgehead atoms. The van der Waals surface area contributed by atoms with Crippen molar-refractivity contribution in [3.63, 3.8) is 0 Å². The van der Waals surface area contributed by atoms with Gasteiger partial charge in [-0.1, -0.05) is 0 Å². The summed E-state index contributed by atoms with van der Waals surface area (Å²) in [4.78, 5) is 0. The van der Waals surface area contributed by atoms with E-state index in [0.717, 1.165) is 4.04 Å². The second-order valence-electron chi connectivity index (χ2n) is 1.42. The zero-order valence-corrected chi connectivity index (χ0v) is 7.53. The van der Waals surface area contributed by atoms with E-state index in [4.69, 9.17) is 19.1 Å². The zero-order chi connectivity index (χ0) is 6.69. The molecule has 0 radical (unpaired) electrons. The Hall–Kier alpha value is 0.462. The van der Waals surface area contributed by atoms with Crippen LogP contribution in [0, 0.1) is 0 Å². The molecular weight excluding hydrogens is 249 g/mol. The molecule has 1 aromatic rings. The van der Waals surface area contributed by atoms with Gasteiger partial charge in [-0.15, -0.1) is 0 Å². The first kappa shape index (κ1) is 7.57. The van der Waals surface area contributed by atoms with Gasteiger partial charge in [0, 0.05) is 0 Å². The minimum absolute atomic E-state index is 1.06. The molecule has 0 saturated carbocycles. The Morgan fingerprint density at radius 2 is 1.56 bits per heavy atom. The van der Waals surface area contributed by atoms with E-state index in [2.05, 4.69) is 0 Å². The molecular formula is C6H5Cl2Pd-. The molecule has 0 aliphatic heterocycles. The third kappa shape index (κ3) is 2.28. The van der Waals surface area contributed by atoms with E-state index in [1.54, 1.807) is 0 Å². The van der Waals surface area contributed by atoms with Crippen LogP contribution in [0.4, 0.5) is 0 Å². The molecule has 0 spiro atoms. The average Bonchev–Trinajstić information content (AvgIpc) is 1.90. The van der Waals surface area contributed by atoms with Crippen LogP contribution >= 0.6 is 19.1 Å². The van der Waals surface area contributed by atoms with Crippen LogP contribution in [0.5, 0.6) is 0 Å². The molecule has 9 heavy (non-hydrogen) atoms. The molecule has 0 N–H and O–H groups in total. The van der Waals surface area contributed by atoms with E-state index in [0.29, 0.717) is 0 Å². The summed E-state index contributed by atoms with van der Waals surface area (Å²) in [6, 6.07) is 9.72. The molecule has 0 nitrogen and oxygen atoms in total. The molecule has 0 heterocycles. The number of hydrogen-bond donors (Lipinski definition) is 0. The van der Waals surface area contributed by atoms with Crippen molar-refractivity contribution in [1.82, 2.24) is 0 Å². The topological polar surface area (TPSA) is 0 Å². The molecule has 1 rings (SSSR count). The molecule has 3 heteroatoms. The predicted molar refractivity (Wildman–Crippen MR) is 37.8 cm³/mol. The third-order valence-electron chi connectivity index (χ3n) is 0.851. The van der Waals surface area contributed by atoms with Gasteiger partial charge in [-0.25, -0.2) is 0 Å². The Labute approximate surface area is 68.0 Å². The summed E-state index contributed by atoms with van der Waals surface area (Å²) in [5.74, 6) is 0.